The van der Waals surface area contributed by atoms with Crippen molar-refractivity contribution in [3.8, 4) is 6.07 Å². The number of nitrogens with one attached hydrogen (secondary N) is 2. The van der Waals surface area contributed by atoms with Crippen LogP contribution >= 0.6 is 0 Å². The highest BCUT2D eigenvalue weighted by Crippen LogP contribution is 2.30. The molecule has 1 aliphatic rings. The lowest BCUT2D eigenvalue weighted by Gasteiger charge is -2.27. The third-order valence-corrected chi connectivity index (χ3v) is 5.22. The number of amides is 4. The van der Waals surface area contributed by atoms with Crippen molar-refractivity contribution in [2.45, 2.75) is 19.0 Å². The minimum Gasteiger partial charge on any atom is -0.465 e. The molecule has 0 saturated carbocycles. The molecule has 164 valence electrons. The van der Waals surface area contributed by atoms with Crippen molar-refractivity contribution in [2.75, 3.05) is 23.8 Å². The molecule has 2 atom stereocenters. The van der Waals surface area contributed by atoms with Crippen LogP contribution in [0, 0.1) is 11.3 Å². The van der Waals surface area contributed by atoms with Crippen LogP contribution in [-0.4, -0.2) is 59.5 Å². The summed E-state index contributed by atoms with van der Waals surface area (Å²) in [5.41, 5.74) is 1.54. The van der Waals surface area contributed by atoms with E-state index in [2.05, 4.69) is 10.6 Å². The number of fused-ring (bicyclic) bond motifs is 1. The second-order valence-corrected chi connectivity index (χ2v) is 7.24. The summed E-state index contributed by atoms with van der Waals surface area (Å²) >= 11 is 0. The smallest absolute Gasteiger partial charge is 0.407 e. The van der Waals surface area contributed by atoms with Gasteiger partial charge in [0.1, 0.15) is 12.1 Å². The number of carbonyl (C=O) groups is 4. The summed E-state index contributed by atoms with van der Waals surface area (Å²) in [6.45, 7) is 1.23. The number of rotatable bonds is 4. The molecule has 4 amide bonds. The van der Waals surface area contributed by atoms with Crippen LogP contribution in [0.3, 0.4) is 0 Å². The standard InChI is InChI=1S/C22H21N5O5/c1-13(26(2)22(31)32)19(28)25-17-12-27(18-6-4-3-5-16(18)24-20(17)29)21(30)15-9-7-14(11-23)8-10-15/h3-10,13,17H,12H2,1-2H3,(H,24,29)(H,25,28)(H,31,32)/t13?,17-/m0/s1. The van der Waals surface area contributed by atoms with Crippen molar-refractivity contribution in [1.82, 2.24) is 10.2 Å². The van der Waals surface area contributed by atoms with Gasteiger partial charge in [0.05, 0.1) is 29.6 Å². The van der Waals surface area contributed by atoms with Gasteiger partial charge in [0.25, 0.3) is 5.91 Å². The molecule has 0 fully saturated rings. The fraction of sp³-hybridized carbons (Fsp3) is 0.227. The van der Waals surface area contributed by atoms with E-state index in [1.165, 1.54) is 43.1 Å². The van der Waals surface area contributed by atoms with Gasteiger partial charge in [-0.05, 0) is 43.3 Å². The van der Waals surface area contributed by atoms with E-state index in [0.29, 0.717) is 22.5 Å². The van der Waals surface area contributed by atoms with Gasteiger partial charge in [-0.15, -0.1) is 0 Å². The average Bonchev–Trinajstić information content (AvgIpc) is 2.93. The van der Waals surface area contributed by atoms with Crippen molar-refractivity contribution < 1.29 is 24.3 Å². The van der Waals surface area contributed by atoms with Crippen LogP contribution in [0.2, 0.25) is 0 Å². The van der Waals surface area contributed by atoms with Gasteiger partial charge in [-0.1, -0.05) is 12.1 Å². The highest BCUT2D eigenvalue weighted by molar-refractivity contribution is 6.12. The van der Waals surface area contributed by atoms with Gasteiger partial charge in [-0.25, -0.2) is 4.79 Å². The van der Waals surface area contributed by atoms with Gasteiger partial charge in [0.15, 0.2) is 0 Å². The van der Waals surface area contributed by atoms with E-state index >= 15 is 0 Å². The summed E-state index contributed by atoms with van der Waals surface area (Å²) < 4.78 is 0. The third kappa shape index (κ3) is 4.52. The van der Waals surface area contributed by atoms with Crippen molar-refractivity contribution in [1.29, 1.82) is 5.26 Å². The monoisotopic (exact) mass is 435 g/mol. The normalized spacial score (nSPS) is 16.0. The Hall–Kier alpha value is -4.39. The van der Waals surface area contributed by atoms with Crippen LogP contribution in [0.1, 0.15) is 22.8 Å². The van der Waals surface area contributed by atoms with Crippen LogP contribution in [0.4, 0.5) is 16.2 Å². The van der Waals surface area contributed by atoms with E-state index < -0.39 is 35.9 Å². The molecule has 3 rings (SSSR count). The van der Waals surface area contributed by atoms with Gasteiger partial charge in [0.2, 0.25) is 11.8 Å². The van der Waals surface area contributed by atoms with E-state index in [-0.39, 0.29) is 6.54 Å². The number of benzene rings is 2. The molecule has 0 bridgehead atoms. The lowest BCUT2D eigenvalue weighted by Crippen LogP contribution is -2.55. The summed E-state index contributed by atoms with van der Waals surface area (Å²) in [6.07, 6.45) is -1.29. The lowest BCUT2D eigenvalue weighted by molar-refractivity contribution is -0.129. The van der Waals surface area contributed by atoms with Crippen molar-refractivity contribution >= 4 is 35.2 Å². The Morgan fingerprint density at radius 1 is 1.22 bits per heavy atom. The molecular formula is C22H21N5O5. The summed E-state index contributed by atoms with van der Waals surface area (Å²) in [4.78, 5) is 52.0. The number of hydrogen-bond acceptors (Lipinski definition) is 5. The molecule has 0 radical (unpaired) electrons. The number of carbonyl (C=O) groups excluding carboxylic acids is 3. The van der Waals surface area contributed by atoms with Gasteiger partial charge >= 0.3 is 6.09 Å². The zero-order valence-electron chi connectivity index (χ0n) is 17.4. The fourth-order valence-electron chi connectivity index (χ4n) is 3.18. The van der Waals surface area contributed by atoms with E-state index in [0.717, 1.165) is 4.90 Å². The van der Waals surface area contributed by atoms with E-state index in [9.17, 15) is 19.2 Å². The molecule has 2 aromatic carbocycles. The van der Waals surface area contributed by atoms with Crippen molar-refractivity contribution in [3.05, 3.63) is 59.7 Å². The van der Waals surface area contributed by atoms with E-state index in [1.54, 1.807) is 24.3 Å². The Morgan fingerprint density at radius 3 is 2.50 bits per heavy atom. The Bertz CT molecular complexity index is 1110. The topological polar surface area (TPSA) is 143 Å². The molecule has 10 nitrogen and oxygen atoms in total. The number of likely N-dealkylation sites (N-methyl/N-ethyl adjacent to an activating group) is 1. The quantitative estimate of drug-likeness (QED) is 0.666. The molecule has 0 aliphatic carbocycles. The molecule has 10 heteroatoms. The number of nitriles is 1. The maximum Gasteiger partial charge on any atom is 0.407 e. The summed E-state index contributed by atoms with van der Waals surface area (Å²) in [5.74, 6) is -1.63. The molecular weight excluding hydrogens is 414 g/mol. The van der Waals surface area contributed by atoms with Gasteiger partial charge in [-0.2, -0.15) is 5.26 Å². The largest absolute Gasteiger partial charge is 0.465 e. The minimum atomic E-state index is -1.29. The van der Waals surface area contributed by atoms with E-state index in [1.807, 2.05) is 6.07 Å². The molecule has 0 saturated heterocycles. The number of para-hydroxylation sites is 2. The average molecular weight is 435 g/mol. The summed E-state index contributed by atoms with van der Waals surface area (Å²) in [5, 5.41) is 23.3. The van der Waals surface area contributed by atoms with Crippen LogP contribution in [-0.2, 0) is 9.59 Å². The van der Waals surface area contributed by atoms with Crippen LogP contribution in [0.5, 0.6) is 0 Å². The molecule has 32 heavy (non-hydrogen) atoms. The summed E-state index contributed by atoms with van der Waals surface area (Å²) in [6, 6.07) is 12.6. The van der Waals surface area contributed by atoms with Gasteiger partial charge in [0, 0.05) is 12.6 Å². The van der Waals surface area contributed by atoms with Crippen LogP contribution in [0.15, 0.2) is 48.5 Å². The molecule has 2 aromatic rings. The number of carboxylic acid groups (broad SMARTS) is 1. The molecule has 0 aromatic heterocycles. The minimum absolute atomic E-state index is 0.170. The molecule has 1 aliphatic heterocycles. The first kappa shape index (κ1) is 22.3. The number of hydrogen-bond donors (Lipinski definition) is 3. The highest BCUT2D eigenvalue weighted by atomic mass is 16.4. The first-order chi connectivity index (χ1) is 15.2. The lowest BCUT2D eigenvalue weighted by atomic mass is 10.1. The predicted molar refractivity (Wildman–Crippen MR) is 115 cm³/mol. The predicted octanol–water partition coefficient (Wildman–Crippen LogP) is 1.64. The SMILES string of the molecule is CC(C(=O)N[C@H]1CN(C(=O)c2ccc(C#N)cc2)c2ccccc2NC1=O)N(C)C(=O)O. The number of anilines is 2. The zero-order chi connectivity index (χ0) is 23.4. The second-order valence-electron chi connectivity index (χ2n) is 7.24. The number of nitrogens with zero attached hydrogens (tertiary/aromatic N) is 3. The Labute approximate surface area is 184 Å². The maximum absolute atomic E-state index is 13.3. The Kier molecular flexibility index (Phi) is 6.39. The van der Waals surface area contributed by atoms with Gasteiger partial charge < -0.3 is 20.6 Å². The molecule has 3 N–H and O–H groups in total. The first-order valence-electron chi connectivity index (χ1n) is 9.71. The fourth-order valence-corrected chi connectivity index (χ4v) is 3.18. The maximum atomic E-state index is 13.3. The van der Waals surface area contributed by atoms with Crippen molar-refractivity contribution in [2.24, 2.45) is 0 Å². The first-order valence-corrected chi connectivity index (χ1v) is 9.71. The molecule has 1 unspecified atom stereocenters. The third-order valence-electron chi connectivity index (χ3n) is 5.22. The van der Waals surface area contributed by atoms with Crippen LogP contribution in [0.25, 0.3) is 0 Å². The molecule has 0 spiro atoms. The van der Waals surface area contributed by atoms with E-state index in [4.69, 9.17) is 10.4 Å². The highest BCUT2D eigenvalue weighted by Gasteiger charge is 2.34. The Morgan fingerprint density at radius 2 is 1.88 bits per heavy atom. The summed E-state index contributed by atoms with van der Waals surface area (Å²) in [7, 11) is 1.25. The molecule has 1 heterocycles. The second kappa shape index (κ2) is 9.18. The zero-order valence-corrected chi connectivity index (χ0v) is 17.4. The van der Waals surface area contributed by atoms with Crippen molar-refractivity contribution in [3.63, 3.8) is 0 Å². The Balaban J connectivity index is 1.91. The van der Waals surface area contributed by atoms with Gasteiger partial charge in [-0.3, -0.25) is 19.3 Å². The van der Waals surface area contributed by atoms with Crippen LogP contribution < -0.4 is 15.5 Å².